The Bertz CT molecular complexity index is 571. The molecule has 0 bridgehead atoms. The molecule has 0 radical (unpaired) electrons. The van der Waals surface area contributed by atoms with Crippen LogP contribution in [0.25, 0.3) is 0 Å². The Morgan fingerprint density at radius 1 is 1.00 bits per heavy atom. The predicted molar refractivity (Wildman–Crippen MR) is 92.0 cm³/mol. The molecule has 2 rings (SSSR count). The molecule has 2 aromatic carbocycles. The lowest BCUT2D eigenvalue weighted by Gasteiger charge is -2.19. The molecule has 0 amide bonds. The van der Waals surface area contributed by atoms with Crippen LogP contribution >= 0.6 is 15.9 Å². The Balaban J connectivity index is 2.14. The molecule has 0 aliphatic rings. The maximum atomic E-state index is 5.47. The van der Waals surface area contributed by atoms with E-state index in [0.29, 0.717) is 5.92 Å². The van der Waals surface area contributed by atoms with Crippen LogP contribution in [0.3, 0.4) is 0 Å². The lowest BCUT2D eigenvalue weighted by Crippen LogP contribution is -2.23. The van der Waals surface area contributed by atoms with Crippen LogP contribution in [0, 0.1) is 5.92 Å². The number of methoxy groups -OCH3 is 1. The van der Waals surface area contributed by atoms with Gasteiger partial charge in [-0.2, -0.15) is 0 Å². The topological polar surface area (TPSA) is 21.3 Å². The van der Waals surface area contributed by atoms with Gasteiger partial charge in [-0.05, 0) is 55.6 Å². The highest BCUT2D eigenvalue weighted by molar-refractivity contribution is 9.10. The van der Waals surface area contributed by atoms with Crippen molar-refractivity contribution in [2.75, 3.05) is 20.7 Å². The molecule has 21 heavy (non-hydrogen) atoms. The second kappa shape index (κ2) is 8.20. The van der Waals surface area contributed by atoms with Crippen LogP contribution in [-0.4, -0.2) is 20.7 Å². The van der Waals surface area contributed by atoms with E-state index >= 15 is 0 Å². The van der Waals surface area contributed by atoms with E-state index in [2.05, 4.69) is 57.6 Å². The van der Waals surface area contributed by atoms with Gasteiger partial charge in [0.1, 0.15) is 5.75 Å². The molecule has 0 saturated heterocycles. The smallest absolute Gasteiger partial charge is 0.122 e. The van der Waals surface area contributed by atoms with Crippen LogP contribution in [0.2, 0.25) is 0 Å². The Morgan fingerprint density at radius 2 is 1.62 bits per heavy atom. The van der Waals surface area contributed by atoms with E-state index < -0.39 is 0 Å². The molecule has 1 unspecified atom stereocenters. The molecule has 2 nitrogen and oxygen atoms in total. The van der Waals surface area contributed by atoms with E-state index in [1.54, 1.807) is 7.11 Å². The second-order valence-corrected chi connectivity index (χ2v) is 6.09. The minimum Gasteiger partial charge on any atom is -0.496 e. The van der Waals surface area contributed by atoms with Crippen molar-refractivity contribution in [1.82, 2.24) is 5.32 Å². The summed E-state index contributed by atoms with van der Waals surface area (Å²) < 4.78 is 6.65. The summed E-state index contributed by atoms with van der Waals surface area (Å²) in [6.07, 6.45) is 2.05. The number of rotatable bonds is 7. The van der Waals surface area contributed by atoms with E-state index in [9.17, 15) is 0 Å². The van der Waals surface area contributed by atoms with Crippen molar-refractivity contribution in [3.8, 4) is 5.75 Å². The molecule has 2 aromatic rings. The van der Waals surface area contributed by atoms with Gasteiger partial charge in [0.25, 0.3) is 0 Å². The van der Waals surface area contributed by atoms with Gasteiger partial charge in [-0.1, -0.05) is 52.3 Å². The molecule has 0 aromatic heterocycles. The fraction of sp³-hybridized carbons (Fsp3) is 0.333. The number of ether oxygens (including phenoxy) is 1. The highest BCUT2D eigenvalue weighted by Gasteiger charge is 2.14. The van der Waals surface area contributed by atoms with Gasteiger partial charge in [0.05, 0.1) is 7.11 Å². The molecular formula is C18H22BrNO. The molecule has 0 spiro atoms. The number of hydrogen-bond acceptors (Lipinski definition) is 2. The maximum Gasteiger partial charge on any atom is 0.122 e. The third kappa shape index (κ3) is 4.58. The second-order valence-electron chi connectivity index (χ2n) is 5.24. The Kier molecular flexibility index (Phi) is 6.27. The summed E-state index contributed by atoms with van der Waals surface area (Å²) in [6, 6.07) is 16.7. The van der Waals surface area contributed by atoms with Gasteiger partial charge in [0.2, 0.25) is 0 Å². The van der Waals surface area contributed by atoms with E-state index in [1.807, 2.05) is 19.2 Å². The highest BCUT2D eigenvalue weighted by atomic mass is 79.9. The van der Waals surface area contributed by atoms with Crippen LogP contribution in [0.5, 0.6) is 5.75 Å². The first-order valence-corrected chi connectivity index (χ1v) is 8.03. The fourth-order valence-electron chi connectivity index (χ4n) is 2.66. The zero-order valence-corrected chi connectivity index (χ0v) is 14.2. The minimum atomic E-state index is 0.532. The molecule has 3 heteroatoms. The number of hydrogen-bond donors (Lipinski definition) is 1. The summed E-state index contributed by atoms with van der Waals surface area (Å²) >= 11 is 3.64. The van der Waals surface area contributed by atoms with Gasteiger partial charge < -0.3 is 10.1 Å². The fourth-order valence-corrected chi connectivity index (χ4v) is 3.11. The van der Waals surface area contributed by atoms with Gasteiger partial charge >= 0.3 is 0 Å². The molecule has 1 atom stereocenters. The number of para-hydroxylation sites is 1. The third-order valence-electron chi connectivity index (χ3n) is 3.66. The van der Waals surface area contributed by atoms with Crippen molar-refractivity contribution in [3.05, 3.63) is 64.1 Å². The number of nitrogens with one attached hydrogen (secondary N) is 1. The molecule has 0 aliphatic heterocycles. The van der Waals surface area contributed by atoms with Gasteiger partial charge in [-0.3, -0.25) is 0 Å². The van der Waals surface area contributed by atoms with Crippen molar-refractivity contribution in [2.45, 2.75) is 12.8 Å². The summed E-state index contributed by atoms with van der Waals surface area (Å²) in [7, 11) is 3.74. The summed E-state index contributed by atoms with van der Waals surface area (Å²) in [5.74, 6) is 1.51. The lowest BCUT2D eigenvalue weighted by molar-refractivity contribution is 0.401. The molecule has 112 valence electrons. The number of halogens is 1. The monoisotopic (exact) mass is 347 g/mol. The Hall–Kier alpha value is -1.32. The first-order chi connectivity index (χ1) is 10.2. The van der Waals surface area contributed by atoms with Crippen molar-refractivity contribution >= 4 is 15.9 Å². The van der Waals surface area contributed by atoms with Crippen molar-refractivity contribution in [3.63, 3.8) is 0 Å². The summed E-state index contributed by atoms with van der Waals surface area (Å²) in [4.78, 5) is 0. The Morgan fingerprint density at radius 3 is 2.29 bits per heavy atom. The summed E-state index contributed by atoms with van der Waals surface area (Å²) in [6.45, 7) is 0.985. The maximum absolute atomic E-state index is 5.47. The standard InChI is InChI=1S/C18H22BrNO/c1-20-13-14(11-15-7-3-5-9-17(15)19)12-16-8-4-6-10-18(16)21-2/h3-10,14,20H,11-13H2,1-2H3. The van der Waals surface area contributed by atoms with Gasteiger partial charge in [0.15, 0.2) is 0 Å². The number of benzene rings is 2. The molecule has 0 saturated carbocycles. The Labute approximate surface area is 135 Å². The third-order valence-corrected chi connectivity index (χ3v) is 4.43. The van der Waals surface area contributed by atoms with Crippen molar-refractivity contribution in [1.29, 1.82) is 0 Å². The normalized spacial score (nSPS) is 12.1. The van der Waals surface area contributed by atoms with Crippen LogP contribution in [0.1, 0.15) is 11.1 Å². The van der Waals surface area contributed by atoms with Crippen LogP contribution in [0.15, 0.2) is 53.0 Å². The van der Waals surface area contributed by atoms with Crippen LogP contribution < -0.4 is 10.1 Å². The highest BCUT2D eigenvalue weighted by Crippen LogP contribution is 2.25. The van der Waals surface area contributed by atoms with Crippen molar-refractivity contribution < 1.29 is 4.74 Å². The molecular weight excluding hydrogens is 326 g/mol. The van der Waals surface area contributed by atoms with Gasteiger partial charge in [-0.15, -0.1) is 0 Å². The van der Waals surface area contributed by atoms with E-state index in [0.717, 1.165) is 25.1 Å². The molecule has 0 fully saturated rings. The van der Waals surface area contributed by atoms with Crippen LogP contribution in [0.4, 0.5) is 0 Å². The first-order valence-electron chi connectivity index (χ1n) is 7.24. The quantitative estimate of drug-likeness (QED) is 0.814. The van der Waals surface area contributed by atoms with Gasteiger partial charge in [0, 0.05) is 4.47 Å². The minimum absolute atomic E-state index is 0.532. The SMILES string of the molecule is CNCC(Cc1ccccc1Br)Cc1ccccc1OC. The summed E-state index contributed by atoms with van der Waals surface area (Å²) in [5, 5.41) is 3.31. The van der Waals surface area contributed by atoms with E-state index in [-0.39, 0.29) is 0 Å². The zero-order valence-electron chi connectivity index (χ0n) is 12.6. The zero-order chi connectivity index (χ0) is 15.1. The average molecular weight is 348 g/mol. The molecule has 0 heterocycles. The van der Waals surface area contributed by atoms with Crippen molar-refractivity contribution in [2.24, 2.45) is 5.92 Å². The molecule has 1 N–H and O–H groups in total. The van der Waals surface area contributed by atoms with E-state index in [1.165, 1.54) is 15.6 Å². The first kappa shape index (κ1) is 16.1. The summed E-state index contributed by atoms with van der Waals surface area (Å²) in [5.41, 5.74) is 2.62. The predicted octanol–water partition coefficient (Wildman–Crippen LogP) is 4.08. The average Bonchev–Trinajstić information content (AvgIpc) is 2.50. The van der Waals surface area contributed by atoms with Gasteiger partial charge in [-0.25, -0.2) is 0 Å². The largest absolute Gasteiger partial charge is 0.496 e. The van der Waals surface area contributed by atoms with E-state index in [4.69, 9.17) is 4.74 Å². The van der Waals surface area contributed by atoms with Crippen LogP contribution in [-0.2, 0) is 12.8 Å². The lowest BCUT2D eigenvalue weighted by atomic mass is 9.92. The molecule has 0 aliphatic carbocycles.